The quantitative estimate of drug-likeness (QED) is 0.333. The normalized spacial score (nSPS) is 13.8. The largest absolute Gasteiger partial charge is 0.461 e. The molecule has 0 saturated heterocycles. The lowest BCUT2D eigenvalue weighted by molar-refractivity contribution is 0.0518. The van der Waals surface area contributed by atoms with Crippen molar-refractivity contribution in [1.82, 2.24) is 19.6 Å². The first-order chi connectivity index (χ1) is 17.5. The molecule has 0 N–H and O–H groups in total. The Kier molecular flexibility index (Phi) is 5.22. The van der Waals surface area contributed by atoms with E-state index >= 15 is 0 Å². The van der Waals surface area contributed by atoms with E-state index in [0.29, 0.717) is 29.1 Å². The van der Waals surface area contributed by atoms with Crippen molar-refractivity contribution in [1.29, 1.82) is 0 Å². The lowest BCUT2D eigenvalue weighted by Crippen LogP contribution is -2.16. The summed E-state index contributed by atoms with van der Waals surface area (Å²) in [5, 5.41) is 10.2. The second-order valence-electron chi connectivity index (χ2n) is 8.59. The smallest absolute Gasteiger partial charge is 0.359 e. The molecule has 0 saturated carbocycles. The highest BCUT2D eigenvalue weighted by molar-refractivity contribution is 7.90. The van der Waals surface area contributed by atoms with E-state index in [4.69, 9.17) is 9.84 Å². The molecular weight excluding hydrogens is 476 g/mol. The zero-order chi connectivity index (χ0) is 24.9. The van der Waals surface area contributed by atoms with Gasteiger partial charge >= 0.3 is 5.97 Å². The first-order valence-electron chi connectivity index (χ1n) is 11.6. The number of ether oxygens (including phenoxy) is 1. The molecule has 1 aliphatic rings. The van der Waals surface area contributed by atoms with Crippen molar-refractivity contribution in [3.8, 4) is 16.9 Å². The van der Waals surface area contributed by atoms with E-state index in [-0.39, 0.29) is 22.9 Å². The standard InChI is InChI=1S/C27H22N4O4S/c1-2-35-27(32)25-21-17-36(33,34)24-14-7-6-11-19(24)26(21)31(29-25)23-13-8-12-22-20(23)16-30(28-22)15-18-9-4-3-5-10-18/h3-14,16H,2,15,17H2,1H3. The number of sulfone groups is 1. The maximum Gasteiger partial charge on any atom is 0.359 e. The van der Waals surface area contributed by atoms with E-state index in [0.717, 1.165) is 16.5 Å². The van der Waals surface area contributed by atoms with E-state index in [9.17, 15) is 13.2 Å². The number of carbonyl (C=O) groups is 1. The molecule has 5 aromatic rings. The summed E-state index contributed by atoms with van der Waals surface area (Å²) in [6, 6.07) is 22.5. The topological polar surface area (TPSA) is 96.1 Å². The Bertz CT molecular complexity index is 1740. The van der Waals surface area contributed by atoms with Crippen LogP contribution in [0, 0.1) is 0 Å². The van der Waals surface area contributed by atoms with Gasteiger partial charge in [0.1, 0.15) is 0 Å². The monoisotopic (exact) mass is 498 g/mol. The van der Waals surface area contributed by atoms with E-state index in [1.54, 1.807) is 35.9 Å². The Hall–Kier alpha value is -4.24. The fourth-order valence-corrected chi connectivity index (χ4v) is 6.31. The summed E-state index contributed by atoms with van der Waals surface area (Å²) in [7, 11) is -3.65. The van der Waals surface area contributed by atoms with Gasteiger partial charge in [0.05, 0.1) is 40.7 Å². The molecule has 0 spiro atoms. The van der Waals surface area contributed by atoms with Gasteiger partial charge < -0.3 is 4.74 Å². The molecule has 3 heterocycles. The highest BCUT2D eigenvalue weighted by Gasteiger charge is 2.36. The van der Waals surface area contributed by atoms with Crippen molar-refractivity contribution in [3.05, 3.63) is 95.8 Å². The van der Waals surface area contributed by atoms with Gasteiger partial charge in [-0.1, -0.05) is 54.6 Å². The minimum absolute atomic E-state index is 0.0126. The van der Waals surface area contributed by atoms with Gasteiger partial charge in [-0.15, -0.1) is 0 Å². The molecule has 0 bridgehead atoms. The van der Waals surface area contributed by atoms with Crippen molar-refractivity contribution < 1.29 is 17.9 Å². The SMILES string of the molecule is CCOC(=O)c1nn(-c2cccc3nn(Cc4ccccc4)cc23)c2c1CS(=O)(=O)c1ccccc1-2. The first-order valence-corrected chi connectivity index (χ1v) is 13.2. The molecule has 0 unspecified atom stereocenters. The van der Waals surface area contributed by atoms with Crippen LogP contribution in [0.4, 0.5) is 0 Å². The van der Waals surface area contributed by atoms with Crippen LogP contribution < -0.4 is 0 Å². The van der Waals surface area contributed by atoms with Crippen molar-refractivity contribution in [2.45, 2.75) is 24.1 Å². The van der Waals surface area contributed by atoms with Crippen LogP contribution in [0.3, 0.4) is 0 Å². The summed E-state index contributed by atoms with van der Waals surface area (Å²) in [6.45, 7) is 2.46. The maximum absolute atomic E-state index is 13.1. The predicted octanol–water partition coefficient (Wildman–Crippen LogP) is 4.40. The third-order valence-electron chi connectivity index (χ3n) is 6.25. The average molecular weight is 499 g/mol. The van der Waals surface area contributed by atoms with Gasteiger partial charge in [0.2, 0.25) is 0 Å². The van der Waals surface area contributed by atoms with Crippen LogP contribution >= 0.6 is 0 Å². The molecule has 0 radical (unpaired) electrons. The van der Waals surface area contributed by atoms with Crippen LogP contribution in [0.2, 0.25) is 0 Å². The minimum Gasteiger partial charge on any atom is -0.461 e. The third-order valence-corrected chi connectivity index (χ3v) is 7.95. The molecule has 2 aromatic heterocycles. The Morgan fingerprint density at radius 2 is 1.75 bits per heavy atom. The molecule has 180 valence electrons. The highest BCUT2D eigenvalue weighted by atomic mass is 32.2. The van der Waals surface area contributed by atoms with E-state index in [1.165, 1.54) is 0 Å². The summed E-state index contributed by atoms with van der Waals surface area (Å²) in [6.07, 6.45) is 1.95. The fourth-order valence-electron chi connectivity index (χ4n) is 4.72. The van der Waals surface area contributed by atoms with Crippen molar-refractivity contribution in [2.24, 2.45) is 0 Å². The summed E-state index contributed by atoms with van der Waals surface area (Å²) in [5.74, 6) is -0.967. The number of aromatic nitrogens is 4. The molecule has 6 rings (SSSR count). The van der Waals surface area contributed by atoms with Gasteiger partial charge in [0.15, 0.2) is 15.5 Å². The number of hydrogen-bond donors (Lipinski definition) is 0. The van der Waals surface area contributed by atoms with Crippen LogP contribution in [-0.2, 0) is 26.9 Å². The van der Waals surface area contributed by atoms with Crippen molar-refractivity contribution >= 4 is 26.7 Å². The maximum atomic E-state index is 13.1. The second kappa shape index (κ2) is 8.46. The van der Waals surface area contributed by atoms with Crippen molar-refractivity contribution in [2.75, 3.05) is 6.61 Å². The highest BCUT2D eigenvalue weighted by Crippen LogP contribution is 2.41. The van der Waals surface area contributed by atoms with Gasteiger partial charge in [-0.05, 0) is 30.7 Å². The van der Waals surface area contributed by atoms with E-state index < -0.39 is 15.8 Å². The Labute approximate surface area is 207 Å². The number of hydrogen-bond acceptors (Lipinski definition) is 6. The van der Waals surface area contributed by atoms with Gasteiger partial charge in [-0.25, -0.2) is 17.9 Å². The number of fused-ring (bicyclic) bond motifs is 4. The average Bonchev–Trinajstić information content (AvgIpc) is 3.45. The van der Waals surface area contributed by atoms with Crippen LogP contribution in [0.1, 0.15) is 28.5 Å². The third kappa shape index (κ3) is 3.59. The number of esters is 1. The minimum atomic E-state index is -3.65. The van der Waals surface area contributed by atoms with Gasteiger partial charge in [0, 0.05) is 22.7 Å². The molecule has 3 aromatic carbocycles. The second-order valence-corrected chi connectivity index (χ2v) is 10.5. The van der Waals surface area contributed by atoms with E-state index in [1.807, 2.05) is 59.4 Å². The van der Waals surface area contributed by atoms with Crippen molar-refractivity contribution in [3.63, 3.8) is 0 Å². The zero-order valence-corrected chi connectivity index (χ0v) is 20.3. The molecule has 1 aliphatic heterocycles. The zero-order valence-electron chi connectivity index (χ0n) is 19.5. The van der Waals surface area contributed by atoms with E-state index in [2.05, 4.69) is 5.10 Å². The molecule has 0 fully saturated rings. The summed E-state index contributed by atoms with van der Waals surface area (Å²) < 4.78 is 35.0. The molecule has 9 heteroatoms. The Morgan fingerprint density at radius 3 is 2.56 bits per heavy atom. The summed E-state index contributed by atoms with van der Waals surface area (Å²) >= 11 is 0. The lowest BCUT2D eigenvalue weighted by atomic mass is 10.1. The molecule has 8 nitrogen and oxygen atoms in total. The predicted molar refractivity (Wildman–Crippen MR) is 135 cm³/mol. The lowest BCUT2D eigenvalue weighted by Gasteiger charge is -2.19. The van der Waals surface area contributed by atoms with Gasteiger partial charge in [0.25, 0.3) is 0 Å². The Morgan fingerprint density at radius 1 is 0.972 bits per heavy atom. The molecule has 0 amide bonds. The number of nitrogens with zero attached hydrogens (tertiary/aromatic N) is 4. The van der Waals surface area contributed by atoms with Crippen LogP contribution in [0.5, 0.6) is 0 Å². The molecule has 36 heavy (non-hydrogen) atoms. The van der Waals surface area contributed by atoms with Crippen LogP contribution in [-0.4, -0.2) is 40.6 Å². The Balaban J connectivity index is 1.58. The van der Waals surface area contributed by atoms with Crippen LogP contribution in [0.15, 0.2) is 83.9 Å². The summed E-state index contributed by atoms with van der Waals surface area (Å²) in [5.41, 5.74) is 4.03. The van der Waals surface area contributed by atoms with Gasteiger partial charge in [-0.2, -0.15) is 10.2 Å². The number of benzene rings is 3. The summed E-state index contributed by atoms with van der Waals surface area (Å²) in [4.78, 5) is 13.1. The molecular formula is C27H22N4O4S. The van der Waals surface area contributed by atoms with Gasteiger partial charge in [-0.3, -0.25) is 4.68 Å². The first kappa shape index (κ1) is 22.2. The molecule has 0 atom stereocenters. The fraction of sp³-hybridized carbons (Fsp3) is 0.148. The number of carbonyl (C=O) groups excluding carboxylic acids is 1. The van der Waals surface area contributed by atoms with Crippen LogP contribution in [0.25, 0.3) is 27.8 Å². The molecule has 0 aliphatic carbocycles. The number of rotatable bonds is 5.